The van der Waals surface area contributed by atoms with Crippen LogP contribution in [0.2, 0.25) is 5.02 Å². The van der Waals surface area contributed by atoms with Gasteiger partial charge < -0.3 is 9.72 Å². The van der Waals surface area contributed by atoms with Gasteiger partial charge in [0.1, 0.15) is 23.0 Å². The number of likely N-dealkylation sites (N-methyl/N-ethyl adjacent to an activating group) is 1. The molecule has 0 radical (unpaired) electrons. The number of hydrogen-bond donors (Lipinski definition) is 1. The molecule has 2 aromatic carbocycles. The van der Waals surface area contributed by atoms with Gasteiger partial charge in [-0.05, 0) is 36.9 Å². The number of hydrogen-bond acceptors (Lipinski definition) is 5. The maximum atomic E-state index is 12.7. The highest BCUT2D eigenvalue weighted by atomic mass is 35.5. The Bertz CT molecular complexity index is 1160. The number of thiophene rings is 1. The number of halogens is 1. The molecule has 29 heavy (non-hydrogen) atoms. The van der Waals surface area contributed by atoms with Crippen LogP contribution in [0, 0.1) is 0 Å². The Morgan fingerprint density at radius 3 is 2.66 bits per heavy atom. The predicted molar refractivity (Wildman–Crippen MR) is 119 cm³/mol. The first-order valence-electron chi connectivity index (χ1n) is 9.23. The standard InChI is InChI=1S/C22H20ClN3O2S/c1-26(11-12-28-17-5-3-2-4-6-17)13-19-24-21(27)20-18(14-29-22(20)25-19)15-7-9-16(23)10-8-15/h2-10,14H,11-13H2,1H3,(H,24,25,27). The molecule has 0 fully saturated rings. The molecule has 0 bridgehead atoms. The highest BCUT2D eigenvalue weighted by Crippen LogP contribution is 2.31. The lowest BCUT2D eigenvalue weighted by molar-refractivity contribution is 0.230. The first-order chi connectivity index (χ1) is 14.1. The summed E-state index contributed by atoms with van der Waals surface area (Å²) in [6, 6.07) is 17.2. The van der Waals surface area contributed by atoms with Gasteiger partial charge in [-0.1, -0.05) is 41.9 Å². The lowest BCUT2D eigenvalue weighted by atomic mass is 10.1. The van der Waals surface area contributed by atoms with E-state index in [-0.39, 0.29) is 5.56 Å². The van der Waals surface area contributed by atoms with Gasteiger partial charge in [0.25, 0.3) is 5.56 Å². The van der Waals surface area contributed by atoms with Crippen molar-refractivity contribution in [3.05, 3.63) is 81.2 Å². The zero-order valence-electron chi connectivity index (χ0n) is 15.9. The molecule has 0 atom stereocenters. The number of benzene rings is 2. The second-order valence-electron chi connectivity index (χ2n) is 6.75. The molecule has 0 amide bonds. The average Bonchev–Trinajstić information content (AvgIpc) is 3.14. The molecule has 1 N–H and O–H groups in total. The molecule has 0 saturated carbocycles. The molecule has 4 aromatic rings. The monoisotopic (exact) mass is 425 g/mol. The van der Waals surface area contributed by atoms with E-state index < -0.39 is 0 Å². The molecule has 2 heterocycles. The fourth-order valence-corrected chi connectivity index (χ4v) is 4.17. The summed E-state index contributed by atoms with van der Waals surface area (Å²) in [5, 5.41) is 3.26. The minimum atomic E-state index is -0.120. The minimum Gasteiger partial charge on any atom is -0.492 e. The molecule has 0 spiro atoms. The van der Waals surface area contributed by atoms with E-state index in [2.05, 4.69) is 14.9 Å². The Morgan fingerprint density at radius 1 is 1.14 bits per heavy atom. The normalized spacial score (nSPS) is 11.3. The molecule has 0 unspecified atom stereocenters. The molecule has 0 aliphatic rings. The summed E-state index contributed by atoms with van der Waals surface area (Å²) < 4.78 is 5.73. The molecule has 2 aromatic heterocycles. The maximum absolute atomic E-state index is 12.7. The number of rotatable bonds is 7. The van der Waals surface area contributed by atoms with Gasteiger partial charge in [0, 0.05) is 22.5 Å². The third-order valence-corrected chi connectivity index (χ3v) is 5.68. The van der Waals surface area contributed by atoms with Crippen molar-refractivity contribution in [2.45, 2.75) is 6.54 Å². The van der Waals surface area contributed by atoms with Crippen molar-refractivity contribution < 1.29 is 4.74 Å². The predicted octanol–water partition coefficient (Wildman–Crippen LogP) is 4.82. The van der Waals surface area contributed by atoms with Gasteiger partial charge in [-0.25, -0.2) is 4.98 Å². The Morgan fingerprint density at radius 2 is 1.90 bits per heavy atom. The van der Waals surface area contributed by atoms with Crippen molar-refractivity contribution in [3.63, 3.8) is 0 Å². The van der Waals surface area contributed by atoms with Gasteiger partial charge >= 0.3 is 0 Å². The first kappa shape index (κ1) is 19.6. The molecule has 0 saturated heterocycles. The van der Waals surface area contributed by atoms with Crippen LogP contribution < -0.4 is 10.3 Å². The number of nitrogens with zero attached hydrogens (tertiary/aromatic N) is 2. The molecule has 0 aliphatic carbocycles. The second-order valence-corrected chi connectivity index (χ2v) is 8.04. The topological polar surface area (TPSA) is 58.2 Å². The van der Waals surface area contributed by atoms with E-state index in [9.17, 15) is 4.79 Å². The van der Waals surface area contributed by atoms with Crippen LogP contribution in [0.15, 0.2) is 64.8 Å². The molecule has 7 heteroatoms. The van der Waals surface area contributed by atoms with Gasteiger partial charge in [0.05, 0.1) is 11.9 Å². The number of para-hydroxylation sites is 1. The Hall–Kier alpha value is -2.67. The van der Waals surface area contributed by atoms with Crippen LogP contribution in [0.5, 0.6) is 5.75 Å². The number of ether oxygens (including phenoxy) is 1. The molecule has 148 valence electrons. The van der Waals surface area contributed by atoms with Crippen LogP contribution in [-0.2, 0) is 6.54 Å². The zero-order chi connectivity index (χ0) is 20.2. The fraction of sp³-hybridized carbons (Fsp3) is 0.182. The number of H-pyrrole nitrogens is 1. The van der Waals surface area contributed by atoms with E-state index in [0.29, 0.717) is 29.4 Å². The van der Waals surface area contributed by atoms with Crippen LogP contribution in [0.25, 0.3) is 21.3 Å². The highest BCUT2D eigenvalue weighted by Gasteiger charge is 2.14. The van der Waals surface area contributed by atoms with Gasteiger partial charge in [-0.3, -0.25) is 9.69 Å². The average molecular weight is 426 g/mol. The SMILES string of the molecule is CN(CCOc1ccccc1)Cc1nc2scc(-c3ccc(Cl)cc3)c2c(=O)[nH]1. The lowest BCUT2D eigenvalue weighted by Crippen LogP contribution is -2.26. The summed E-state index contributed by atoms with van der Waals surface area (Å²) >= 11 is 7.45. The van der Waals surface area contributed by atoms with Gasteiger partial charge in [-0.15, -0.1) is 11.3 Å². The van der Waals surface area contributed by atoms with E-state index in [4.69, 9.17) is 16.3 Å². The molecular weight excluding hydrogens is 406 g/mol. The Labute approximate surface area is 177 Å². The fourth-order valence-electron chi connectivity index (χ4n) is 3.08. The summed E-state index contributed by atoms with van der Waals surface area (Å²) in [4.78, 5) is 23.1. The van der Waals surface area contributed by atoms with Gasteiger partial charge in [-0.2, -0.15) is 0 Å². The summed E-state index contributed by atoms with van der Waals surface area (Å²) in [6.45, 7) is 1.82. The Balaban J connectivity index is 1.46. The lowest BCUT2D eigenvalue weighted by Gasteiger charge is -2.16. The quantitative estimate of drug-likeness (QED) is 0.461. The summed E-state index contributed by atoms with van der Waals surface area (Å²) in [5.74, 6) is 1.50. The van der Waals surface area contributed by atoms with Crippen molar-refractivity contribution in [3.8, 4) is 16.9 Å². The molecule has 4 rings (SSSR count). The highest BCUT2D eigenvalue weighted by molar-refractivity contribution is 7.17. The van der Waals surface area contributed by atoms with Crippen LogP contribution in [0.1, 0.15) is 5.82 Å². The number of fused-ring (bicyclic) bond motifs is 1. The number of aromatic nitrogens is 2. The van der Waals surface area contributed by atoms with E-state index in [1.54, 1.807) is 0 Å². The minimum absolute atomic E-state index is 0.120. The third-order valence-electron chi connectivity index (χ3n) is 4.55. The van der Waals surface area contributed by atoms with Crippen molar-refractivity contribution in [2.24, 2.45) is 0 Å². The van der Waals surface area contributed by atoms with Crippen LogP contribution >= 0.6 is 22.9 Å². The van der Waals surface area contributed by atoms with Crippen LogP contribution in [0.3, 0.4) is 0 Å². The maximum Gasteiger partial charge on any atom is 0.260 e. The van der Waals surface area contributed by atoms with E-state index in [0.717, 1.165) is 28.3 Å². The van der Waals surface area contributed by atoms with E-state index in [1.165, 1.54) is 11.3 Å². The number of nitrogens with one attached hydrogen (secondary N) is 1. The largest absolute Gasteiger partial charge is 0.492 e. The summed E-state index contributed by atoms with van der Waals surface area (Å²) in [5.41, 5.74) is 1.72. The zero-order valence-corrected chi connectivity index (χ0v) is 17.5. The first-order valence-corrected chi connectivity index (χ1v) is 10.5. The number of aromatic amines is 1. The molecule has 5 nitrogen and oxygen atoms in total. The molecular formula is C22H20ClN3O2S. The van der Waals surface area contributed by atoms with Crippen LogP contribution in [0.4, 0.5) is 0 Å². The van der Waals surface area contributed by atoms with Crippen LogP contribution in [-0.4, -0.2) is 35.1 Å². The van der Waals surface area contributed by atoms with E-state index >= 15 is 0 Å². The smallest absolute Gasteiger partial charge is 0.260 e. The van der Waals surface area contributed by atoms with Crippen molar-refractivity contribution >= 4 is 33.2 Å². The van der Waals surface area contributed by atoms with Crippen molar-refractivity contribution in [1.82, 2.24) is 14.9 Å². The van der Waals surface area contributed by atoms with Gasteiger partial charge in [0.15, 0.2) is 0 Å². The van der Waals surface area contributed by atoms with Crippen molar-refractivity contribution in [2.75, 3.05) is 20.2 Å². The molecule has 0 aliphatic heterocycles. The Kier molecular flexibility index (Phi) is 5.94. The summed E-state index contributed by atoms with van der Waals surface area (Å²) in [6.07, 6.45) is 0. The van der Waals surface area contributed by atoms with Crippen molar-refractivity contribution in [1.29, 1.82) is 0 Å². The second kappa shape index (κ2) is 8.78. The van der Waals surface area contributed by atoms with Gasteiger partial charge in [0.2, 0.25) is 0 Å². The third kappa shape index (κ3) is 4.67. The van der Waals surface area contributed by atoms with E-state index in [1.807, 2.05) is 67.0 Å². The summed E-state index contributed by atoms with van der Waals surface area (Å²) in [7, 11) is 1.98.